The fourth-order valence-corrected chi connectivity index (χ4v) is 2.92. The lowest BCUT2D eigenvalue weighted by atomic mass is 10.0. The second-order valence-electron chi connectivity index (χ2n) is 4.95. The Labute approximate surface area is 119 Å². The molecule has 0 aliphatic heterocycles. The average molecular weight is 281 g/mol. The molecule has 0 amide bonds. The highest BCUT2D eigenvalue weighted by molar-refractivity contribution is 7.13. The summed E-state index contributed by atoms with van der Waals surface area (Å²) in [5.74, 6) is -0.00592. The summed E-state index contributed by atoms with van der Waals surface area (Å²) >= 11 is 1.39. The molecule has 0 aliphatic carbocycles. The molecule has 4 heteroatoms. The summed E-state index contributed by atoms with van der Waals surface area (Å²) in [5.41, 5.74) is 0.753. The van der Waals surface area contributed by atoms with E-state index in [1.54, 1.807) is 0 Å². The third kappa shape index (κ3) is 5.64. The molecule has 0 bridgehead atoms. The quantitative estimate of drug-likeness (QED) is 0.386. The molecule has 1 heterocycles. The van der Waals surface area contributed by atoms with Crippen molar-refractivity contribution in [2.45, 2.75) is 65.7 Å². The van der Waals surface area contributed by atoms with Gasteiger partial charge in [-0.2, -0.15) is 0 Å². The first-order valence-corrected chi connectivity index (χ1v) is 7.85. The maximum Gasteiger partial charge on any atom is 0.182 e. The summed E-state index contributed by atoms with van der Waals surface area (Å²) in [6.45, 7) is 5.87. The summed E-state index contributed by atoms with van der Waals surface area (Å²) in [6, 6.07) is 0. The van der Waals surface area contributed by atoms with E-state index in [2.05, 4.69) is 11.9 Å². The van der Waals surface area contributed by atoms with E-state index in [1.165, 1.54) is 30.6 Å². The number of carbonyl (C=O) groups excluding carboxylic acids is 2. The van der Waals surface area contributed by atoms with Crippen molar-refractivity contribution in [3.63, 3.8) is 0 Å². The summed E-state index contributed by atoms with van der Waals surface area (Å²) in [6.07, 6.45) is 6.19. The van der Waals surface area contributed by atoms with Crippen LogP contribution in [0.3, 0.4) is 0 Å². The lowest BCUT2D eigenvalue weighted by Crippen LogP contribution is -2.07. The molecule has 0 spiro atoms. The number of ketones is 2. The van der Waals surface area contributed by atoms with Crippen molar-refractivity contribution < 1.29 is 9.59 Å². The molecular weight excluding hydrogens is 258 g/mol. The largest absolute Gasteiger partial charge is 0.299 e. The molecule has 0 aromatic carbocycles. The molecule has 106 valence electrons. The maximum absolute atomic E-state index is 12.0. The van der Waals surface area contributed by atoms with E-state index in [4.69, 9.17) is 0 Å². The number of rotatable bonds is 9. The van der Waals surface area contributed by atoms with Crippen LogP contribution >= 0.6 is 11.3 Å². The van der Waals surface area contributed by atoms with Crippen LogP contribution in [0.15, 0.2) is 0 Å². The fourth-order valence-electron chi connectivity index (χ4n) is 2.06. The van der Waals surface area contributed by atoms with E-state index in [-0.39, 0.29) is 18.0 Å². The molecule has 1 rings (SSSR count). The Morgan fingerprint density at radius 3 is 2.37 bits per heavy atom. The lowest BCUT2D eigenvalue weighted by molar-refractivity contribution is -0.118. The number of Topliss-reactive ketones (excluding diaryl/α,β-unsaturated/α-hetero) is 2. The number of aryl methyl sites for hydroxylation is 2. The van der Waals surface area contributed by atoms with Gasteiger partial charge in [0.05, 0.1) is 22.0 Å². The highest BCUT2D eigenvalue weighted by atomic mass is 32.1. The van der Waals surface area contributed by atoms with Gasteiger partial charge >= 0.3 is 0 Å². The van der Waals surface area contributed by atoms with Gasteiger partial charge < -0.3 is 0 Å². The van der Waals surface area contributed by atoms with Crippen LogP contribution < -0.4 is 0 Å². The molecule has 0 unspecified atom stereocenters. The first-order chi connectivity index (χ1) is 9.04. The third-order valence-electron chi connectivity index (χ3n) is 3.07. The number of hydrogen-bond donors (Lipinski definition) is 0. The Hall–Kier alpha value is -1.03. The van der Waals surface area contributed by atoms with Gasteiger partial charge in [0.2, 0.25) is 0 Å². The Bertz CT molecular complexity index is 437. The van der Waals surface area contributed by atoms with Gasteiger partial charge in [0.15, 0.2) is 5.78 Å². The van der Waals surface area contributed by atoms with E-state index < -0.39 is 0 Å². The smallest absolute Gasteiger partial charge is 0.182 e. The minimum Gasteiger partial charge on any atom is -0.299 e. The summed E-state index contributed by atoms with van der Waals surface area (Å²) < 4.78 is 0. The molecule has 19 heavy (non-hydrogen) atoms. The zero-order valence-corrected chi connectivity index (χ0v) is 12.9. The van der Waals surface area contributed by atoms with Crippen LogP contribution in [-0.4, -0.2) is 16.6 Å². The molecule has 0 aliphatic rings. The highest BCUT2D eigenvalue weighted by Gasteiger charge is 2.16. The van der Waals surface area contributed by atoms with Gasteiger partial charge in [0.25, 0.3) is 0 Å². The molecule has 0 radical (unpaired) electrons. The van der Waals surface area contributed by atoms with E-state index in [9.17, 15) is 9.59 Å². The minimum atomic E-state index is -0.0679. The Morgan fingerprint density at radius 2 is 1.79 bits per heavy atom. The Kier molecular flexibility index (Phi) is 6.92. The van der Waals surface area contributed by atoms with Crippen LogP contribution in [0.4, 0.5) is 0 Å². The molecular formula is C15H23NO2S. The third-order valence-corrected chi connectivity index (χ3v) is 4.19. The van der Waals surface area contributed by atoms with Gasteiger partial charge in [0.1, 0.15) is 5.78 Å². The van der Waals surface area contributed by atoms with Gasteiger partial charge in [-0.1, -0.05) is 32.6 Å². The number of thiazole rings is 1. The van der Waals surface area contributed by atoms with Gasteiger partial charge in [0, 0.05) is 6.42 Å². The lowest BCUT2D eigenvalue weighted by Gasteiger charge is -2.00. The van der Waals surface area contributed by atoms with Crippen molar-refractivity contribution in [2.24, 2.45) is 0 Å². The molecule has 0 atom stereocenters. The summed E-state index contributed by atoms with van der Waals surface area (Å²) in [4.78, 5) is 28.6. The van der Waals surface area contributed by atoms with E-state index in [0.29, 0.717) is 11.3 Å². The molecule has 0 saturated heterocycles. The Balaban J connectivity index is 2.32. The monoisotopic (exact) mass is 281 g/mol. The van der Waals surface area contributed by atoms with Gasteiger partial charge in [-0.3, -0.25) is 9.59 Å². The van der Waals surface area contributed by atoms with Crippen molar-refractivity contribution in [3.05, 3.63) is 15.6 Å². The highest BCUT2D eigenvalue weighted by Crippen LogP contribution is 2.19. The van der Waals surface area contributed by atoms with Crippen molar-refractivity contribution >= 4 is 22.9 Å². The van der Waals surface area contributed by atoms with E-state index in [1.807, 2.05) is 13.8 Å². The number of carbonyl (C=O) groups is 2. The van der Waals surface area contributed by atoms with Crippen molar-refractivity contribution in [2.75, 3.05) is 0 Å². The zero-order valence-electron chi connectivity index (χ0n) is 12.1. The van der Waals surface area contributed by atoms with E-state index in [0.717, 1.165) is 23.5 Å². The molecule has 1 aromatic rings. The number of unbranched alkanes of at least 4 members (excludes halogenated alkanes) is 4. The van der Waals surface area contributed by atoms with Crippen molar-refractivity contribution in [3.8, 4) is 0 Å². The normalized spacial score (nSPS) is 10.7. The number of hydrogen-bond acceptors (Lipinski definition) is 4. The van der Waals surface area contributed by atoms with Gasteiger partial charge in [-0.25, -0.2) is 4.98 Å². The molecule has 3 nitrogen and oxygen atoms in total. The van der Waals surface area contributed by atoms with Crippen LogP contribution in [0.5, 0.6) is 0 Å². The van der Waals surface area contributed by atoms with E-state index >= 15 is 0 Å². The van der Waals surface area contributed by atoms with Gasteiger partial charge in [-0.05, 0) is 20.3 Å². The molecule has 0 saturated carbocycles. The predicted molar refractivity (Wildman–Crippen MR) is 78.9 cm³/mol. The first-order valence-electron chi connectivity index (χ1n) is 7.03. The maximum atomic E-state index is 12.0. The van der Waals surface area contributed by atoms with Gasteiger partial charge in [-0.15, -0.1) is 11.3 Å². The zero-order chi connectivity index (χ0) is 14.3. The second-order valence-corrected chi connectivity index (χ2v) is 6.15. The first kappa shape index (κ1) is 16.0. The van der Waals surface area contributed by atoms with Crippen molar-refractivity contribution in [1.82, 2.24) is 4.98 Å². The summed E-state index contributed by atoms with van der Waals surface area (Å²) in [5, 5.41) is 0.882. The van der Waals surface area contributed by atoms with Crippen LogP contribution in [0.1, 0.15) is 72.2 Å². The Morgan fingerprint density at radius 1 is 1.11 bits per heavy atom. The number of aromatic nitrogens is 1. The second kappa shape index (κ2) is 8.20. The number of nitrogens with zero attached hydrogens (tertiary/aromatic N) is 1. The topological polar surface area (TPSA) is 47.0 Å². The molecule has 1 aromatic heterocycles. The fraction of sp³-hybridized carbons (Fsp3) is 0.667. The standard InChI is InChI=1S/C15H23NO2S/c1-4-5-6-7-8-9-13(17)10-14(18)15-11(2)16-12(3)19-15/h4-10H2,1-3H3. The molecule has 0 N–H and O–H groups in total. The summed E-state index contributed by atoms with van der Waals surface area (Å²) in [7, 11) is 0. The SMILES string of the molecule is CCCCCCCC(=O)CC(=O)c1sc(C)nc1C. The average Bonchev–Trinajstić information content (AvgIpc) is 2.68. The van der Waals surface area contributed by atoms with Crippen LogP contribution in [-0.2, 0) is 4.79 Å². The van der Waals surface area contributed by atoms with Crippen LogP contribution in [0, 0.1) is 13.8 Å². The molecule has 0 fully saturated rings. The van der Waals surface area contributed by atoms with Crippen molar-refractivity contribution in [1.29, 1.82) is 0 Å². The predicted octanol–water partition coefficient (Wildman–Crippen LogP) is 4.26. The van der Waals surface area contributed by atoms with Crippen LogP contribution in [0.25, 0.3) is 0 Å². The minimum absolute atomic E-state index is 0.0379. The van der Waals surface area contributed by atoms with Crippen LogP contribution in [0.2, 0.25) is 0 Å².